The molecule has 2 heterocycles. The lowest BCUT2D eigenvalue weighted by atomic mass is 10.1. The molecule has 0 radical (unpaired) electrons. The minimum Gasteiger partial charge on any atom is -0.337 e. The van der Waals surface area contributed by atoms with Crippen molar-refractivity contribution in [2.45, 2.75) is 49.8 Å². The van der Waals surface area contributed by atoms with Gasteiger partial charge in [-0.05, 0) is 32.2 Å². The minimum atomic E-state index is -3.01. The first-order valence-electron chi connectivity index (χ1n) is 7.54. The zero-order valence-corrected chi connectivity index (χ0v) is 12.7. The summed E-state index contributed by atoms with van der Waals surface area (Å²) in [4.78, 5) is 11.7. The van der Waals surface area contributed by atoms with Gasteiger partial charge in [-0.1, -0.05) is 12.8 Å². The number of hydrogen-bond acceptors (Lipinski definition) is 4. The van der Waals surface area contributed by atoms with E-state index in [9.17, 15) is 13.2 Å². The van der Waals surface area contributed by atoms with Crippen LogP contribution in [-0.2, 0) is 9.84 Å². The second-order valence-corrected chi connectivity index (χ2v) is 8.12. The second kappa shape index (κ2) is 7.26. The van der Waals surface area contributed by atoms with Crippen molar-refractivity contribution in [3.8, 4) is 0 Å². The van der Waals surface area contributed by atoms with Gasteiger partial charge in [-0.25, -0.2) is 13.2 Å². The topological polar surface area (TPSA) is 87.3 Å². The molecule has 0 bridgehead atoms. The van der Waals surface area contributed by atoms with Crippen LogP contribution in [0.3, 0.4) is 0 Å². The maximum absolute atomic E-state index is 11.8. The number of carbonyl (C=O) groups is 1. The Hall–Kier alpha value is -0.820. The maximum atomic E-state index is 11.8. The Labute approximate surface area is 121 Å². The van der Waals surface area contributed by atoms with Crippen molar-refractivity contribution >= 4 is 15.9 Å². The van der Waals surface area contributed by atoms with E-state index in [0.29, 0.717) is 19.0 Å². The normalized spacial score (nSPS) is 29.6. The first-order valence-corrected chi connectivity index (χ1v) is 9.26. The van der Waals surface area contributed by atoms with E-state index in [2.05, 4.69) is 16.0 Å². The number of nitrogens with one attached hydrogen (secondary N) is 3. The highest BCUT2D eigenvalue weighted by Gasteiger charge is 2.28. The van der Waals surface area contributed by atoms with Crippen molar-refractivity contribution in [2.24, 2.45) is 0 Å². The van der Waals surface area contributed by atoms with Crippen LogP contribution in [0, 0.1) is 0 Å². The van der Waals surface area contributed by atoms with Crippen LogP contribution in [0.5, 0.6) is 0 Å². The lowest BCUT2D eigenvalue weighted by molar-refractivity contribution is 0.238. The van der Waals surface area contributed by atoms with Gasteiger partial charge in [0.1, 0.15) is 0 Å². The molecule has 2 saturated heterocycles. The van der Waals surface area contributed by atoms with Gasteiger partial charge in [-0.15, -0.1) is 0 Å². The molecule has 2 aliphatic rings. The van der Waals surface area contributed by atoms with Crippen LogP contribution >= 0.6 is 0 Å². The van der Waals surface area contributed by atoms with Gasteiger partial charge in [-0.2, -0.15) is 0 Å². The highest BCUT2D eigenvalue weighted by molar-refractivity contribution is 7.92. The number of sulfone groups is 1. The zero-order valence-electron chi connectivity index (χ0n) is 11.9. The van der Waals surface area contributed by atoms with Gasteiger partial charge in [-0.3, -0.25) is 0 Å². The zero-order chi connectivity index (χ0) is 14.4. The molecule has 2 amide bonds. The molecule has 6 nitrogen and oxygen atoms in total. The highest BCUT2D eigenvalue weighted by Crippen LogP contribution is 2.18. The molecule has 2 atom stereocenters. The van der Waals surface area contributed by atoms with Gasteiger partial charge in [0, 0.05) is 19.1 Å². The third-order valence-corrected chi connectivity index (χ3v) is 6.40. The molecule has 3 N–H and O–H groups in total. The van der Waals surface area contributed by atoms with Gasteiger partial charge in [0.05, 0.1) is 11.0 Å². The molecular weight excluding hydrogens is 278 g/mol. The molecule has 0 aromatic rings. The van der Waals surface area contributed by atoms with E-state index in [1.165, 1.54) is 12.8 Å². The van der Waals surface area contributed by atoms with E-state index in [-0.39, 0.29) is 18.3 Å². The van der Waals surface area contributed by atoms with Gasteiger partial charge < -0.3 is 16.0 Å². The van der Waals surface area contributed by atoms with E-state index in [1.807, 2.05) is 0 Å². The van der Waals surface area contributed by atoms with Crippen LogP contribution in [-0.4, -0.2) is 51.1 Å². The Balaban J connectivity index is 1.66. The predicted molar refractivity (Wildman–Crippen MR) is 78.5 cm³/mol. The summed E-state index contributed by atoms with van der Waals surface area (Å²) in [7, 11) is -3.01. The number of carbonyl (C=O) groups excluding carboxylic acids is 1. The third-order valence-electron chi connectivity index (χ3n) is 4.12. The molecule has 0 aliphatic carbocycles. The smallest absolute Gasteiger partial charge is 0.314 e. The molecule has 0 spiro atoms. The lowest BCUT2D eigenvalue weighted by Crippen LogP contribution is -2.48. The number of hydrogen-bond donors (Lipinski definition) is 3. The van der Waals surface area contributed by atoms with Crippen molar-refractivity contribution in [1.82, 2.24) is 16.0 Å². The van der Waals surface area contributed by atoms with Crippen molar-refractivity contribution < 1.29 is 13.2 Å². The fraction of sp³-hybridized carbons (Fsp3) is 0.923. The summed E-state index contributed by atoms with van der Waals surface area (Å²) in [5.74, 6) is 0.257. The maximum Gasteiger partial charge on any atom is 0.314 e. The monoisotopic (exact) mass is 303 g/mol. The molecule has 2 aliphatic heterocycles. The van der Waals surface area contributed by atoms with Gasteiger partial charge in [0.25, 0.3) is 0 Å². The summed E-state index contributed by atoms with van der Waals surface area (Å²) in [6, 6.07) is 0.0751. The Kier molecular flexibility index (Phi) is 5.65. The summed E-state index contributed by atoms with van der Waals surface area (Å²) < 4.78 is 23.6. The first-order chi connectivity index (χ1) is 9.58. The highest BCUT2D eigenvalue weighted by atomic mass is 32.2. The average molecular weight is 303 g/mol. The van der Waals surface area contributed by atoms with Crippen LogP contribution in [0.15, 0.2) is 0 Å². The lowest BCUT2D eigenvalue weighted by Gasteiger charge is -2.25. The standard InChI is InChI=1S/C13H25N3O3S/c17-13(15-9-11-5-1-3-7-14-11)16-10-12-6-2-4-8-20(12,18)19/h11-12,14H,1-10H2,(H2,15,16,17). The van der Waals surface area contributed by atoms with Crippen molar-refractivity contribution in [3.63, 3.8) is 0 Å². The molecule has 2 rings (SSSR count). The minimum absolute atomic E-state index is 0.228. The van der Waals surface area contributed by atoms with E-state index in [1.54, 1.807) is 0 Å². The molecule has 0 aromatic carbocycles. The fourth-order valence-electron chi connectivity index (χ4n) is 2.83. The van der Waals surface area contributed by atoms with E-state index < -0.39 is 15.1 Å². The Morgan fingerprint density at radius 3 is 2.50 bits per heavy atom. The van der Waals surface area contributed by atoms with Crippen molar-refractivity contribution in [2.75, 3.05) is 25.4 Å². The van der Waals surface area contributed by atoms with E-state index in [0.717, 1.165) is 25.8 Å². The number of rotatable bonds is 4. The van der Waals surface area contributed by atoms with Gasteiger partial charge in [0.15, 0.2) is 9.84 Å². The van der Waals surface area contributed by atoms with E-state index >= 15 is 0 Å². The Morgan fingerprint density at radius 2 is 1.80 bits per heavy atom. The van der Waals surface area contributed by atoms with Crippen molar-refractivity contribution in [1.29, 1.82) is 0 Å². The molecule has 0 aromatic heterocycles. The second-order valence-electron chi connectivity index (χ2n) is 5.72. The van der Waals surface area contributed by atoms with Crippen LogP contribution in [0.1, 0.15) is 38.5 Å². The van der Waals surface area contributed by atoms with E-state index in [4.69, 9.17) is 0 Å². The SMILES string of the molecule is O=C(NCC1CCCCN1)NCC1CCCCS1(=O)=O. The summed E-state index contributed by atoms with van der Waals surface area (Å²) in [6.07, 6.45) is 5.81. The quantitative estimate of drug-likeness (QED) is 0.701. The average Bonchev–Trinajstić information content (AvgIpc) is 2.44. The number of amides is 2. The Morgan fingerprint density at radius 1 is 1.05 bits per heavy atom. The molecular formula is C13H25N3O3S. The fourth-order valence-corrected chi connectivity index (χ4v) is 4.64. The first kappa shape index (κ1) is 15.6. The molecule has 20 heavy (non-hydrogen) atoms. The van der Waals surface area contributed by atoms with Gasteiger partial charge in [0.2, 0.25) is 0 Å². The van der Waals surface area contributed by atoms with Crippen LogP contribution in [0.25, 0.3) is 0 Å². The largest absolute Gasteiger partial charge is 0.337 e. The summed E-state index contributed by atoms with van der Waals surface area (Å²) in [5, 5.41) is 8.45. The molecule has 2 unspecified atom stereocenters. The predicted octanol–water partition coefficient (Wildman–Crippen LogP) is 0.395. The van der Waals surface area contributed by atoms with Crippen LogP contribution < -0.4 is 16.0 Å². The summed E-state index contributed by atoms with van der Waals surface area (Å²) in [5.41, 5.74) is 0. The number of urea groups is 1. The van der Waals surface area contributed by atoms with Gasteiger partial charge >= 0.3 is 6.03 Å². The third kappa shape index (κ3) is 4.63. The number of piperidine rings is 1. The summed E-state index contributed by atoms with van der Waals surface area (Å²) in [6.45, 7) is 1.84. The summed E-state index contributed by atoms with van der Waals surface area (Å²) >= 11 is 0. The Bertz CT molecular complexity index is 419. The van der Waals surface area contributed by atoms with Crippen LogP contribution in [0.2, 0.25) is 0 Å². The molecule has 116 valence electrons. The van der Waals surface area contributed by atoms with Crippen LogP contribution in [0.4, 0.5) is 4.79 Å². The molecule has 0 saturated carbocycles. The van der Waals surface area contributed by atoms with Crippen molar-refractivity contribution in [3.05, 3.63) is 0 Å². The molecule has 2 fully saturated rings. The molecule has 7 heteroatoms.